The van der Waals surface area contributed by atoms with E-state index in [1.54, 1.807) is 22.1 Å². The number of benzene rings is 2. The molecule has 0 radical (unpaired) electrons. The molecule has 0 nitrogen and oxygen atoms in total. The summed E-state index contributed by atoms with van der Waals surface area (Å²) < 4.78 is 0. The molecule has 1 aliphatic carbocycles. The van der Waals surface area contributed by atoms with Gasteiger partial charge in [-0.05, 0) is 24.0 Å². The van der Waals surface area contributed by atoms with Gasteiger partial charge >= 0.3 is 0 Å². The topological polar surface area (TPSA) is 0 Å². The summed E-state index contributed by atoms with van der Waals surface area (Å²) >= 11 is 0. The van der Waals surface area contributed by atoms with Crippen LogP contribution in [0.25, 0.3) is 0 Å². The highest BCUT2D eigenvalue weighted by Gasteiger charge is 2.42. The van der Waals surface area contributed by atoms with E-state index in [-0.39, 0.29) is 0 Å². The average Bonchev–Trinajstić information content (AvgIpc) is 2.90. The Morgan fingerprint density at radius 2 is 1.22 bits per heavy atom. The van der Waals surface area contributed by atoms with Crippen LogP contribution in [0, 0.1) is 0 Å². The van der Waals surface area contributed by atoms with Gasteiger partial charge in [0.05, 0.1) is 0 Å². The van der Waals surface area contributed by atoms with E-state index < -0.39 is 0 Å². The quantitative estimate of drug-likeness (QED) is 0.611. The van der Waals surface area contributed by atoms with Gasteiger partial charge in [-0.15, -0.1) is 0 Å². The van der Waals surface area contributed by atoms with Crippen LogP contribution in [0.4, 0.5) is 0 Å². The van der Waals surface area contributed by atoms with Crippen molar-refractivity contribution in [2.45, 2.75) is 31.1 Å². The molecule has 0 unspecified atom stereocenters. The van der Waals surface area contributed by atoms with Crippen LogP contribution in [0.3, 0.4) is 0 Å². The zero-order valence-corrected chi connectivity index (χ0v) is 10.7. The van der Waals surface area contributed by atoms with Crippen molar-refractivity contribution < 1.29 is 0 Å². The van der Waals surface area contributed by atoms with E-state index >= 15 is 0 Å². The summed E-state index contributed by atoms with van der Waals surface area (Å²) in [6.45, 7) is 0. The molecule has 1 aliphatic heterocycles. The van der Waals surface area contributed by atoms with Crippen molar-refractivity contribution in [3.63, 3.8) is 0 Å². The van der Waals surface area contributed by atoms with E-state index in [4.69, 9.17) is 0 Å². The standard InChI is InChI=1S/C17H17B/c1-3-9-15-13(7-1)17(11-5-6-12-17)14-8-2-4-10-16(14)18-15/h1-4,7-10,18H,5-6,11-12H2. The first-order chi connectivity index (χ1) is 8.90. The predicted molar refractivity (Wildman–Crippen MR) is 78.5 cm³/mol. The molecule has 1 heteroatoms. The minimum atomic E-state index is 0.339. The van der Waals surface area contributed by atoms with Crippen LogP contribution in [0.1, 0.15) is 36.8 Å². The van der Waals surface area contributed by atoms with Crippen molar-refractivity contribution in [3.8, 4) is 0 Å². The summed E-state index contributed by atoms with van der Waals surface area (Å²) in [5, 5.41) is 0. The van der Waals surface area contributed by atoms with Crippen LogP contribution in [0.2, 0.25) is 0 Å². The number of hydrogen-bond acceptors (Lipinski definition) is 0. The Morgan fingerprint density at radius 3 is 1.78 bits per heavy atom. The molecule has 1 fully saturated rings. The molecule has 1 heterocycles. The number of rotatable bonds is 0. The largest absolute Gasteiger partial charge is 0.193 e. The summed E-state index contributed by atoms with van der Waals surface area (Å²) in [6, 6.07) is 18.2. The molecule has 2 aliphatic rings. The van der Waals surface area contributed by atoms with Crippen LogP contribution in [0.5, 0.6) is 0 Å². The zero-order chi connectivity index (χ0) is 12.0. The Balaban J connectivity index is 2.01. The van der Waals surface area contributed by atoms with Gasteiger partial charge in [0.2, 0.25) is 0 Å². The molecule has 0 aromatic heterocycles. The highest BCUT2D eigenvalue weighted by atomic mass is 14.4. The molecule has 0 N–H and O–H groups in total. The van der Waals surface area contributed by atoms with Crippen molar-refractivity contribution in [2.75, 3.05) is 0 Å². The fourth-order valence-corrected chi connectivity index (χ4v) is 4.15. The highest BCUT2D eigenvalue weighted by molar-refractivity contribution is 6.69. The van der Waals surface area contributed by atoms with Crippen LogP contribution < -0.4 is 10.9 Å². The van der Waals surface area contributed by atoms with Crippen LogP contribution in [-0.4, -0.2) is 7.28 Å². The average molecular weight is 232 g/mol. The molecule has 0 amide bonds. The van der Waals surface area contributed by atoms with E-state index in [2.05, 4.69) is 48.5 Å². The Hall–Kier alpha value is -1.50. The Morgan fingerprint density at radius 1 is 0.722 bits per heavy atom. The lowest BCUT2D eigenvalue weighted by Crippen LogP contribution is -2.47. The third kappa shape index (κ3) is 1.28. The molecule has 0 saturated heterocycles. The molecule has 2 aromatic rings. The zero-order valence-electron chi connectivity index (χ0n) is 10.7. The minimum absolute atomic E-state index is 0.339. The molecule has 18 heavy (non-hydrogen) atoms. The molecule has 88 valence electrons. The van der Waals surface area contributed by atoms with Crippen LogP contribution >= 0.6 is 0 Å². The van der Waals surface area contributed by atoms with Crippen LogP contribution in [-0.2, 0) is 5.41 Å². The summed E-state index contributed by atoms with van der Waals surface area (Å²) in [7, 11) is 1.12. The maximum atomic E-state index is 2.37. The normalized spacial score (nSPS) is 19.1. The Bertz CT molecular complexity index is 547. The van der Waals surface area contributed by atoms with Gasteiger partial charge in [-0.3, -0.25) is 0 Å². The smallest absolute Gasteiger partial charge is 0.0745 e. The van der Waals surface area contributed by atoms with Crippen molar-refractivity contribution in [1.29, 1.82) is 0 Å². The first-order valence-electron chi connectivity index (χ1n) is 7.07. The summed E-state index contributed by atoms with van der Waals surface area (Å²) in [5.41, 5.74) is 6.67. The molecule has 1 spiro atoms. The van der Waals surface area contributed by atoms with Gasteiger partial charge in [0.15, 0.2) is 7.28 Å². The molecule has 2 aromatic carbocycles. The van der Waals surface area contributed by atoms with Crippen molar-refractivity contribution in [3.05, 3.63) is 59.7 Å². The second-order valence-electron chi connectivity index (χ2n) is 5.78. The lowest BCUT2D eigenvalue weighted by molar-refractivity contribution is 0.539. The Kier molecular flexibility index (Phi) is 2.17. The molecule has 4 rings (SSSR count). The van der Waals surface area contributed by atoms with E-state index in [9.17, 15) is 0 Å². The SMILES string of the molecule is B1c2ccccc2C2(CCCC2)c2ccccc21. The van der Waals surface area contributed by atoms with Crippen molar-refractivity contribution >= 4 is 18.2 Å². The van der Waals surface area contributed by atoms with Gasteiger partial charge in [0.1, 0.15) is 0 Å². The van der Waals surface area contributed by atoms with Gasteiger partial charge in [0.25, 0.3) is 0 Å². The van der Waals surface area contributed by atoms with Gasteiger partial charge in [-0.25, -0.2) is 0 Å². The second kappa shape index (κ2) is 3.75. The number of hydrogen-bond donors (Lipinski definition) is 0. The monoisotopic (exact) mass is 232 g/mol. The van der Waals surface area contributed by atoms with Crippen molar-refractivity contribution in [1.82, 2.24) is 0 Å². The minimum Gasteiger partial charge on any atom is -0.0745 e. The van der Waals surface area contributed by atoms with Gasteiger partial charge in [-0.1, -0.05) is 72.3 Å². The van der Waals surface area contributed by atoms with Gasteiger partial charge in [0, 0.05) is 5.41 Å². The first kappa shape index (κ1) is 10.4. The second-order valence-corrected chi connectivity index (χ2v) is 5.78. The molecular weight excluding hydrogens is 215 g/mol. The summed E-state index contributed by atoms with van der Waals surface area (Å²) in [6.07, 6.45) is 5.42. The third-order valence-electron chi connectivity index (χ3n) is 4.90. The highest BCUT2D eigenvalue weighted by Crippen LogP contribution is 2.46. The maximum absolute atomic E-state index is 2.37. The predicted octanol–water partition coefficient (Wildman–Crippen LogP) is 2.25. The van der Waals surface area contributed by atoms with Crippen molar-refractivity contribution in [2.24, 2.45) is 0 Å². The summed E-state index contributed by atoms with van der Waals surface area (Å²) in [5.74, 6) is 0. The molecule has 0 atom stereocenters. The van der Waals surface area contributed by atoms with E-state index in [1.807, 2.05) is 0 Å². The Labute approximate surface area is 109 Å². The first-order valence-corrected chi connectivity index (χ1v) is 7.07. The van der Waals surface area contributed by atoms with E-state index in [1.165, 1.54) is 25.7 Å². The third-order valence-corrected chi connectivity index (χ3v) is 4.90. The molecular formula is C17H17B. The fraction of sp³-hybridized carbons (Fsp3) is 0.294. The van der Waals surface area contributed by atoms with Gasteiger partial charge < -0.3 is 0 Å². The molecule has 0 bridgehead atoms. The van der Waals surface area contributed by atoms with E-state index in [0.717, 1.165) is 7.28 Å². The maximum Gasteiger partial charge on any atom is 0.193 e. The van der Waals surface area contributed by atoms with Crippen LogP contribution in [0.15, 0.2) is 48.5 Å². The number of fused-ring (bicyclic) bond motifs is 4. The lowest BCUT2D eigenvalue weighted by Gasteiger charge is -2.38. The van der Waals surface area contributed by atoms with Gasteiger partial charge in [-0.2, -0.15) is 0 Å². The summed E-state index contributed by atoms with van der Waals surface area (Å²) in [4.78, 5) is 0. The molecule has 1 saturated carbocycles. The fourth-order valence-electron chi connectivity index (χ4n) is 4.15. The lowest BCUT2D eigenvalue weighted by atomic mass is 9.50. The van der Waals surface area contributed by atoms with E-state index in [0.29, 0.717) is 5.41 Å².